The third-order valence-electron chi connectivity index (χ3n) is 2.92. The van der Waals surface area contributed by atoms with E-state index in [1.165, 1.54) is 0 Å². The van der Waals surface area contributed by atoms with Gasteiger partial charge >= 0.3 is 0 Å². The van der Waals surface area contributed by atoms with E-state index in [0.717, 1.165) is 0 Å². The van der Waals surface area contributed by atoms with Gasteiger partial charge in [-0.15, -0.1) is 0 Å². The standard InChI is InChI=1S/C14H17N3O2/c1-9-12(8-17(3)16-9)14(19)15-13-7-5-4-6-11(13)10(2)18/h4-8,10,18H,1-3H3,(H,15,19). The first-order valence-corrected chi connectivity index (χ1v) is 6.07. The molecule has 0 radical (unpaired) electrons. The molecule has 100 valence electrons. The normalized spacial score (nSPS) is 12.2. The number of aliphatic hydroxyl groups is 1. The summed E-state index contributed by atoms with van der Waals surface area (Å²) in [5.74, 6) is -0.223. The van der Waals surface area contributed by atoms with E-state index in [9.17, 15) is 9.90 Å². The third-order valence-corrected chi connectivity index (χ3v) is 2.92. The number of hydrogen-bond acceptors (Lipinski definition) is 3. The molecule has 19 heavy (non-hydrogen) atoms. The van der Waals surface area contributed by atoms with Crippen molar-refractivity contribution in [3.8, 4) is 0 Å². The highest BCUT2D eigenvalue weighted by Gasteiger charge is 2.15. The van der Waals surface area contributed by atoms with Crippen molar-refractivity contribution in [2.75, 3.05) is 5.32 Å². The van der Waals surface area contributed by atoms with Crippen LogP contribution in [-0.4, -0.2) is 20.8 Å². The van der Waals surface area contributed by atoms with Gasteiger partial charge < -0.3 is 10.4 Å². The SMILES string of the molecule is Cc1nn(C)cc1C(=O)Nc1ccccc1C(C)O. The van der Waals surface area contributed by atoms with Gasteiger partial charge in [0.25, 0.3) is 5.91 Å². The Balaban J connectivity index is 2.27. The van der Waals surface area contributed by atoms with Crippen LogP contribution < -0.4 is 5.32 Å². The van der Waals surface area contributed by atoms with Gasteiger partial charge in [0.2, 0.25) is 0 Å². The summed E-state index contributed by atoms with van der Waals surface area (Å²) in [7, 11) is 1.77. The number of nitrogens with zero attached hydrogens (tertiary/aromatic N) is 2. The van der Waals surface area contributed by atoms with Crippen LogP contribution in [0.3, 0.4) is 0 Å². The van der Waals surface area contributed by atoms with Crippen molar-refractivity contribution >= 4 is 11.6 Å². The monoisotopic (exact) mass is 259 g/mol. The molecule has 2 N–H and O–H groups in total. The molecule has 1 atom stereocenters. The molecule has 0 saturated heterocycles. The molecule has 5 heteroatoms. The predicted octanol–water partition coefficient (Wildman–Crippen LogP) is 2.03. The number of para-hydroxylation sites is 1. The molecule has 1 aromatic heterocycles. The number of hydrogen-bond donors (Lipinski definition) is 2. The summed E-state index contributed by atoms with van der Waals surface area (Å²) < 4.78 is 1.60. The smallest absolute Gasteiger partial charge is 0.259 e. The van der Waals surface area contributed by atoms with Crippen LogP contribution in [0.25, 0.3) is 0 Å². The zero-order valence-electron chi connectivity index (χ0n) is 11.2. The number of aryl methyl sites for hydroxylation is 2. The van der Waals surface area contributed by atoms with E-state index in [2.05, 4.69) is 10.4 Å². The highest BCUT2D eigenvalue weighted by Crippen LogP contribution is 2.23. The molecule has 1 aromatic carbocycles. The van der Waals surface area contributed by atoms with Gasteiger partial charge in [0.05, 0.1) is 17.4 Å². The van der Waals surface area contributed by atoms with Crippen molar-refractivity contribution in [3.05, 3.63) is 47.3 Å². The predicted molar refractivity (Wildman–Crippen MR) is 73.0 cm³/mol. The first-order valence-electron chi connectivity index (χ1n) is 6.07. The average molecular weight is 259 g/mol. The Labute approximate surface area is 111 Å². The van der Waals surface area contributed by atoms with Crippen molar-refractivity contribution in [3.63, 3.8) is 0 Å². The first-order chi connectivity index (χ1) is 8.99. The summed E-state index contributed by atoms with van der Waals surface area (Å²) in [6.45, 7) is 3.45. The lowest BCUT2D eigenvalue weighted by molar-refractivity contribution is 0.102. The molecule has 0 bridgehead atoms. The number of rotatable bonds is 3. The lowest BCUT2D eigenvalue weighted by Crippen LogP contribution is -2.14. The van der Waals surface area contributed by atoms with Crippen LogP contribution >= 0.6 is 0 Å². The zero-order chi connectivity index (χ0) is 14.0. The maximum Gasteiger partial charge on any atom is 0.259 e. The van der Waals surface area contributed by atoms with Gasteiger partial charge in [0, 0.05) is 24.5 Å². The number of amides is 1. The number of nitrogens with one attached hydrogen (secondary N) is 1. The van der Waals surface area contributed by atoms with Crippen molar-refractivity contribution in [1.29, 1.82) is 0 Å². The fourth-order valence-corrected chi connectivity index (χ4v) is 1.99. The Morgan fingerprint density at radius 3 is 2.68 bits per heavy atom. The van der Waals surface area contributed by atoms with Crippen LogP contribution in [0.15, 0.2) is 30.5 Å². The summed E-state index contributed by atoms with van der Waals surface area (Å²) in [6.07, 6.45) is 1.04. The zero-order valence-corrected chi connectivity index (χ0v) is 11.2. The minimum absolute atomic E-state index is 0.223. The fourth-order valence-electron chi connectivity index (χ4n) is 1.99. The van der Waals surface area contributed by atoms with E-state index < -0.39 is 6.10 Å². The van der Waals surface area contributed by atoms with Gasteiger partial charge in [-0.25, -0.2) is 0 Å². The van der Waals surface area contributed by atoms with Gasteiger partial charge in [-0.3, -0.25) is 9.48 Å². The number of benzene rings is 1. The first kappa shape index (κ1) is 13.3. The second-order valence-corrected chi connectivity index (χ2v) is 4.52. The van der Waals surface area contributed by atoms with E-state index in [4.69, 9.17) is 0 Å². The molecule has 0 saturated carbocycles. The molecule has 0 spiro atoms. The van der Waals surface area contributed by atoms with Crippen molar-refractivity contribution < 1.29 is 9.90 Å². The van der Waals surface area contributed by atoms with E-state index in [1.807, 2.05) is 12.1 Å². The molecule has 2 aromatic rings. The second kappa shape index (κ2) is 5.24. The second-order valence-electron chi connectivity index (χ2n) is 4.52. The van der Waals surface area contributed by atoms with E-state index >= 15 is 0 Å². The van der Waals surface area contributed by atoms with Gasteiger partial charge in [-0.1, -0.05) is 18.2 Å². The van der Waals surface area contributed by atoms with E-state index in [0.29, 0.717) is 22.5 Å². The van der Waals surface area contributed by atoms with Crippen molar-refractivity contribution in [2.45, 2.75) is 20.0 Å². The van der Waals surface area contributed by atoms with E-state index in [1.54, 1.807) is 43.9 Å². The summed E-state index contributed by atoms with van der Waals surface area (Å²) in [4.78, 5) is 12.2. The van der Waals surface area contributed by atoms with Crippen molar-refractivity contribution in [1.82, 2.24) is 9.78 Å². The minimum Gasteiger partial charge on any atom is -0.389 e. The lowest BCUT2D eigenvalue weighted by Gasteiger charge is -2.12. The van der Waals surface area contributed by atoms with Crippen LogP contribution in [0, 0.1) is 6.92 Å². The average Bonchev–Trinajstić information content (AvgIpc) is 2.69. The highest BCUT2D eigenvalue weighted by molar-refractivity contribution is 6.05. The number of carbonyl (C=O) groups excluding carboxylic acids is 1. The topological polar surface area (TPSA) is 67.2 Å². The maximum absolute atomic E-state index is 12.2. The van der Waals surface area contributed by atoms with Gasteiger partial charge in [-0.05, 0) is 19.9 Å². The largest absolute Gasteiger partial charge is 0.389 e. The molecule has 0 aliphatic carbocycles. The third kappa shape index (κ3) is 2.82. The molecular weight excluding hydrogens is 242 g/mol. The molecule has 0 aliphatic rings. The lowest BCUT2D eigenvalue weighted by atomic mass is 10.1. The van der Waals surface area contributed by atoms with Crippen LogP contribution in [0.4, 0.5) is 5.69 Å². The summed E-state index contributed by atoms with van der Waals surface area (Å²) in [6, 6.07) is 7.20. The quantitative estimate of drug-likeness (QED) is 0.886. The molecular formula is C14H17N3O2. The molecule has 1 amide bonds. The molecule has 0 aliphatic heterocycles. The molecule has 1 heterocycles. The Kier molecular flexibility index (Phi) is 3.66. The number of anilines is 1. The van der Waals surface area contributed by atoms with Crippen LogP contribution in [0.5, 0.6) is 0 Å². The number of aromatic nitrogens is 2. The highest BCUT2D eigenvalue weighted by atomic mass is 16.3. The number of aliphatic hydroxyl groups excluding tert-OH is 1. The minimum atomic E-state index is -0.633. The van der Waals surface area contributed by atoms with Crippen molar-refractivity contribution in [2.24, 2.45) is 7.05 Å². The Hall–Kier alpha value is -2.14. The molecule has 2 rings (SSSR count). The van der Waals surface area contributed by atoms with Gasteiger partial charge in [0.1, 0.15) is 0 Å². The Morgan fingerprint density at radius 2 is 2.11 bits per heavy atom. The van der Waals surface area contributed by atoms with Gasteiger partial charge in [-0.2, -0.15) is 5.10 Å². The molecule has 0 fully saturated rings. The van der Waals surface area contributed by atoms with Crippen LogP contribution in [0.1, 0.15) is 34.6 Å². The summed E-state index contributed by atoms with van der Waals surface area (Å²) in [5, 5.41) is 16.6. The summed E-state index contributed by atoms with van der Waals surface area (Å²) >= 11 is 0. The number of carbonyl (C=O) groups is 1. The molecule has 5 nitrogen and oxygen atoms in total. The van der Waals surface area contributed by atoms with Crippen LogP contribution in [0.2, 0.25) is 0 Å². The maximum atomic E-state index is 12.2. The Bertz CT molecular complexity index is 602. The van der Waals surface area contributed by atoms with E-state index in [-0.39, 0.29) is 5.91 Å². The fraction of sp³-hybridized carbons (Fsp3) is 0.286. The molecule has 1 unspecified atom stereocenters. The van der Waals surface area contributed by atoms with Crippen LogP contribution in [-0.2, 0) is 7.05 Å². The van der Waals surface area contributed by atoms with Gasteiger partial charge in [0.15, 0.2) is 0 Å². The summed E-state index contributed by atoms with van der Waals surface area (Å²) in [5.41, 5.74) is 2.51. The Morgan fingerprint density at radius 1 is 1.42 bits per heavy atom.